The quantitative estimate of drug-likeness (QED) is 0.732. The number of benzene rings is 1. The van der Waals surface area contributed by atoms with Crippen molar-refractivity contribution < 1.29 is 23.8 Å². The largest absolute Gasteiger partial charge is 0.493 e. The number of carbonyl (C=O) groups excluding carboxylic acids is 2. The average molecular weight is 356 g/mol. The first-order valence-electron chi connectivity index (χ1n) is 8.63. The molecule has 5 heteroatoms. The van der Waals surface area contributed by atoms with Crippen LogP contribution >= 0.6 is 0 Å². The Morgan fingerprint density at radius 3 is 2.35 bits per heavy atom. The van der Waals surface area contributed by atoms with Gasteiger partial charge in [-0.05, 0) is 30.0 Å². The molecule has 1 aromatic carbocycles. The molecule has 4 atom stereocenters. The summed E-state index contributed by atoms with van der Waals surface area (Å²) in [5.41, 5.74) is 0.156. The van der Waals surface area contributed by atoms with Crippen molar-refractivity contribution in [2.45, 2.75) is 19.3 Å². The van der Waals surface area contributed by atoms with Gasteiger partial charge in [0.15, 0.2) is 23.0 Å². The van der Waals surface area contributed by atoms with E-state index in [1.165, 1.54) is 13.2 Å². The van der Waals surface area contributed by atoms with Crippen LogP contribution in [0.3, 0.4) is 0 Å². The van der Waals surface area contributed by atoms with Crippen molar-refractivity contribution in [3.63, 3.8) is 0 Å². The summed E-state index contributed by atoms with van der Waals surface area (Å²) in [4.78, 5) is 25.9. The molecule has 0 amide bonds. The predicted octanol–water partition coefficient (Wildman–Crippen LogP) is 3.30. The van der Waals surface area contributed by atoms with Gasteiger partial charge in [0.05, 0.1) is 26.7 Å². The van der Waals surface area contributed by atoms with Gasteiger partial charge in [-0.2, -0.15) is 0 Å². The summed E-state index contributed by atoms with van der Waals surface area (Å²) < 4.78 is 15.9. The maximum atomic E-state index is 13.1. The number of Topliss-reactive ketones (excluding diaryl/α,β-unsaturated/α-hetero) is 1. The Labute approximate surface area is 153 Å². The number of rotatable bonds is 6. The molecule has 26 heavy (non-hydrogen) atoms. The highest BCUT2D eigenvalue weighted by atomic mass is 16.5. The van der Waals surface area contributed by atoms with Gasteiger partial charge < -0.3 is 14.2 Å². The number of allylic oxidation sites excluding steroid dienone is 3. The van der Waals surface area contributed by atoms with Gasteiger partial charge in [-0.25, -0.2) is 0 Å². The second-order valence-corrected chi connectivity index (χ2v) is 6.90. The van der Waals surface area contributed by atoms with E-state index in [2.05, 4.69) is 6.58 Å². The zero-order chi connectivity index (χ0) is 19.1. The molecule has 0 aromatic heterocycles. The third-order valence-electron chi connectivity index (χ3n) is 5.88. The standard InChI is InChI=1S/C21H24O5/c1-6-9-21-17(22)11-16(26-5)20(23)19(21)12(2)18(21)13-7-8-14(24-3)15(10-13)25-4/h6-8,10-12,18-19H,1,9H2,2-5H3/t12-,18+,19?,21+/m0/s1. The first-order chi connectivity index (χ1) is 12.5. The maximum absolute atomic E-state index is 13.1. The van der Waals surface area contributed by atoms with Crippen LogP contribution in [0.15, 0.2) is 42.7 Å². The Morgan fingerprint density at radius 1 is 1.08 bits per heavy atom. The molecular weight excluding hydrogens is 332 g/mol. The third kappa shape index (κ3) is 2.30. The van der Waals surface area contributed by atoms with Gasteiger partial charge in [0.25, 0.3) is 0 Å². The maximum Gasteiger partial charge on any atom is 0.201 e. The van der Waals surface area contributed by atoms with Crippen LogP contribution in [-0.2, 0) is 14.3 Å². The number of hydrogen-bond acceptors (Lipinski definition) is 5. The molecule has 0 saturated heterocycles. The van der Waals surface area contributed by atoms with E-state index < -0.39 is 11.3 Å². The van der Waals surface area contributed by atoms with E-state index in [-0.39, 0.29) is 29.2 Å². The molecule has 2 aliphatic rings. The minimum Gasteiger partial charge on any atom is -0.493 e. The molecule has 0 heterocycles. The highest BCUT2D eigenvalue weighted by Gasteiger charge is 2.67. The number of ether oxygens (including phenoxy) is 3. The van der Waals surface area contributed by atoms with Gasteiger partial charge in [0.2, 0.25) is 5.78 Å². The Morgan fingerprint density at radius 2 is 1.77 bits per heavy atom. The average Bonchev–Trinajstić information content (AvgIpc) is 2.64. The van der Waals surface area contributed by atoms with Crippen molar-refractivity contribution in [2.24, 2.45) is 17.3 Å². The summed E-state index contributed by atoms with van der Waals surface area (Å²) in [6.07, 6.45) is 3.52. The Bertz CT molecular complexity index is 794. The highest BCUT2D eigenvalue weighted by Crippen LogP contribution is 2.66. The lowest BCUT2D eigenvalue weighted by Crippen LogP contribution is -2.63. The zero-order valence-corrected chi connectivity index (χ0v) is 15.6. The van der Waals surface area contributed by atoms with E-state index in [0.717, 1.165) is 5.56 Å². The second kappa shape index (κ2) is 6.63. The van der Waals surface area contributed by atoms with Crippen LogP contribution in [0.2, 0.25) is 0 Å². The summed E-state index contributed by atoms with van der Waals surface area (Å²) in [5, 5.41) is 0. The fourth-order valence-electron chi connectivity index (χ4n) is 4.86. The van der Waals surface area contributed by atoms with E-state index in [1.807, 2.05) is 25.1 Å². The normalized spacial score (nSPS) is 30.0. The molecule has 0 N–H and O–H groups in total. The third-order valence-corrected chi connectivity index (χ3v) is 5.88. The van der Waals surface area contributed by atoms with Crippen LogP contribution in [0.1, 0.15) is 24.8 Å². The van der Waals surface area contributed by atoms with Gasteiger partial charge >= 0.3 is 0 Å². The fraction of sp³-hybridized carbons (Fsp3) is 0.429. The Hall–Kier alpha value is -2.56. The molecule has 1 saturated carbocycles. The SMILES string of the molecule is C=CC[C@]12C(=O)C=C(OC)C(=O)C1[C@@H](C)[C@@H]2c1ccc(OC)c(OC)c1. The molecule has 0 spiro atoms. The van der Waals surface area contributed by atoms with Crippen molar-refractivity contribution >= 4 is 11.6 Å². The Kier molecular flexibility index (Phi) is 4.65. The van der Waals surface area contributed by atoms with Crippen LogP contribution in [0.5, 0.6) is 11.5 Å². The van der Waals surface area contributed by atoms with Gasteiger partial charge in [0.1, 0.15) is 0 Å². The van der Waals surface area contributed by atoms with Gasteiger partial charge in [-0.3, -0.25) is 9.59 Å². The molecule has 5 nitrogen and oxygen atoms in total. The lowest BCUT2D eigenvalue weighted by molar-refractivity contribution is -0.161. The zero-order valence-electron chi connectivity index (χ0n) is 15.6. The molecular formula is C21H24O5. The number of hydrogen-bond donors (Lipinski definition) is 0. The van der Waals surface area contributed by atoms with Gasteiger partial charge in [-0.1, -0.05) is 19.1 Å². The summed E-state index contributed by atoms with van der Waals surface area (Å²) in [5.74, 6) is 0.722. The van der Waals surface area contributed by atoms with Crippen molar-refractivity contribution in [3.05, 3.63) is 48.3 Å². The molecule has 1 unspecified atom stereocenters. The monoisotopic (exact) mass is 356 g/mol. The minimum absolute atomic E-state index is 0.00310. The van der Waals surface area contributed by atoms with E-state index in [9.17, 15) is 9.59 Å². The molecule has 0 radical (unpaired) electrons. The van der Waals surface area contributed by atoms with E-state index >= 15 is 0 Å². The van der Waals surface area contributed by atoms with E-state index in [4.69, 9.17) is 14.2 Å². The molecule has 2 aliphatic carbocycles. The summed E-state index contributed by atoms with van der Waals surface area (Å²) in [7, 11) is 4.59. The number of fused-ring (bicyclic) bond motifs is 1. The molecule has 138 valence electrons. The summed E-state index contributed by atoms with van der Waals surface area (Å²) in [6.45, 7) is 5.83. The lowest BCUT2D eigenvalue weighted by Gasteiger charge is -2.60. The molecule has 3 rings (SSSR count). The second-order valence-electron chi connectivity index (χ2n) is 6.90. The molecule has 0 aliphatic heterocycles. The first kappa shape index (κ1) is 18.2. The highest BCUT2D eigenvalue weighted by molar-refractivity contribution is 6.13. The van der Waals surface area contributed by atoms with Crippen molar-refractivity contribution in [1.82, 2.24) is 0 Å². The van der Waals surface area contributed by atoms with Crippen LogP contribution in [0.4, 0.5) is 0 Å². The van der Waals surface area contributed by atoms with Gasteiger partial charge in [-0.15, -0.1) is 6.58 Å². The van der Waals surface area contributed by atoms with E-state index in [0.29, 0.717) is 17.9 Å². The van der Waals surface area contributed by atoms with Crippen molar-refractivity contribution in [2.75, 3.05) is 21.3 Å². The van der Waals surface area contributed by atoms with Crippen molar-refractivity contribution in [3.8, 4) is 11.5 Å². The fourth-order valence-corrected chi connectivity index (χ4v) is 4.86. The predicted molar refractivity (Wildman–Crippen MR) is 97.3 cm³/mol. The van der Waals surface area contributed by atoms with Crippen LogP contribution in [0, 0.1) is 17.3 Å². The number of ketones is 2. The lowest BCUT2D eigenvalue weighted by atomic mass is 9.40. The molecule has 0 bridgehead atoms. The first-order valence-corrected chi connectivity index (χ1v) is 8.63. The van der Waals surface area contributed by atoms with Crippen LogP contribution in [-0.4, -0.2) is 32.9 Å². The smallest absolute Gasteiger partial charge is 0.201 e. The number of methoxy groups -OCH3 is 3. The van der Waals surface area contributed by atoms with Crippen LogP contribution in [0.25, 0.3) is 0 Å². The van der Waals surface area contributed by atoms with Crippen molar-refractivity contribution in [1.29, 1.82) is 0 Å². The molecule has 1 aromatic rings. The minimum atomic E-state index is -0.806. The summed E-state index contributed by atoms with van der Waals surface area (Å²) in [6, 6.07) is 5.67. The molecule has 1 fully saturated rings. The van der Waals surface area contributed by atoms with Gasteiger partial charge in [0, 0.05) is 17.9 Å². The summed E-state index contributed by atoms with van der Waals surface area (Å²) >= 11 is 0. The Balaban J connectivity index is 2.12. The number of carbonyl (C=O) groups is 2. The van der Waals surface area contributed by atoms with E-state index in [1.54, 1.807) is 20.3 Å². The topological polar surface area (TPSA) is 61.8 Å². The van der Waals surface area contributed by atoms with Crippen LogP contribution < -0.4 is 9.47 Å².